The van der Waals surface area contributed by atoms with Gasteiger partial charge in [-0.1, -0.05) is 6.07 Å². The topological polar surface area (TPSA) is 55.4 Å². The van der Waals surface area contributed by atoms with Crippen molar-refractivity contribution in [3.8, 4) is 0 Å². The van der Waals surface area contributed by atoms with Crippen molar-refractivity contribution in [3.05, 3.63) is 29.3 Å². The molecule has 0 bridgehead atoms. The van der Waals surface area contributed by atoms with E-state index in [-0.39, 0.29) is 5.78 Å². The van der Waals surface area contributed by atoms with Gasteiger partial charge < -0.3 is 10.1 Å². The molecule has 0 saturated carbocycles. The number of amides is 1. The lowest BCUT2D eigenvalue weighted by Crippen LogP contribution is -2.24. The van der Waals surface area contributed by atoms with Gasteiger partial charge in [0.1, 0.15) is 13.2 Å². The molecule has 21 heavy (non-hydrogen) atoms. The lowest BCUT2D eigenvalue weighted by Gasteiger charge is -2.16. The van der Waals surface area contributed by atoms with Gasteiger partial charge in [-0.3, -0.25) is 9.59 Å². The predicted molar refractivity (Wildman–Crippen MR) is 69.2 cm³/mol. The highest BCUT2D eigenvalue weighted by Gasteiger charge is 2.27. The minimum absolute atomic E-state index is 0.0145. The fraction of sp³-hybridized carbons (Fsp3) is 0.429. The third-order valence-corrected chi connectivity index (χ3v) is 3.04. The molecule has 0 fully saturated rings. The molecule has 114 valence electrons. The summed E-state index contributed by atoms with van der Waals surface area (Å²) >= 11 is 0. The van der Waals surface area contributed by atoms with Crippen molar-refractivity contribution >= 4 is 17.4 Å². The van der Waals surface area contributed by atoms with Gasteiger partial charge in [0.15, 0.2) is 5.78 Å². The number of rotatable bonds is 4. The van der Waals surface area contributed by atoms with E-state index in [1.54, 1.807) is 18.2 Å². The zero-order valence-electron chi connectivity index (χ0n) is 11.1. The van der Waals surface area contributed by atoms with Crippen LogP contribution >= 0.6 is 0 Å². The Morgan fingerprint density at radius 1 is 1.29 bits per heavy atom. The number of carbonyl (C=O) groups excluding carboxylic acids is 2. The summed E-state index contributed by atoms with van der Waals surface area (Å²) in [5.74, 6) is -0.678. The number of hydrogen-bond acceptors (Lipinski definition) is 3. The van der Waals surface area contributed by atoms with E-state index in [4.69, 9.17) is 0 Å². The van der Waals surface area contributed by atoms with Gasteiger partial charge in [0.2, 0.25) is 5.91 Å². The normalized spacial score (nSPS) is 14.7. The van der Waals surface area contributed by atoms with Crippen LogP contribution in [0.25, 0.3) is 0 Å². The molecule has 0 spiro atoms. The maximum absolute atomic E-state index is 11.9. The monoisotopic (exact) mass is 301 g/mol. The fourth-order valence-electron chi connectivity index (χ4n) is 2.16. The zero-order valence-corrected chi connectivity index (χ0v) is 11.1. The Balaban J connectivity index is 1.92. The van der Waals surface area contributed by atoms with Crippen LogP contribution in [0.3, 0.4) is 0 Å². The van der Waals surface area contributed by atoms with E-state index in [1.165, 1.54) is 0 Å². The number of anilines is 1. The molecule has 0 radical (unpaired) electrons. The van der Waals surface area contributed by atoms with E-state index in [9.17, 15) is 22.8 Å². The van der Waals surface area contributed by atoms with E-state index in [0.717, 1.165) is 18.4 Å². The molecule has 1 aromatic rings. The van der Waals surface area contributed by atoms with Gasteiger partial charge in [0, 0.05) is 17.7 Å². The van der Waals surface area contributed by atoms with Crippen molar-refractivity contribution < 1.29 is 27.5 Å². The van der Waals surface area contributed by atoms with Crippen LogP contribution in [0.1, 0.15) is 28.8 Å². The van der Waals surface area contributed by atoms with Crippen molar-refractivity contribution in [2.45, 2.75) is 25.4 Å². The van der Waals surface area contributed by atoms with Crippen molar-refractivity contribution in [2.75, 3.05) is 18.5 Å². The summed E-state index contributed by atoms with van der Waals surface area (Å²) in [6, 6.07) is 4.93. The second-order valence-electron chi connectivity index (χ2n) is 4.80. The van der Waals surface area contributed by atoms with Crippen LogP contribution in [-0.4, -0.2) is 31.1 Å². The molecular formula is C14H14F3NO3. The first kappa shape index (κ1) is 15.5. The minimum Gasteiger partial charge on any atom is -0.362 e. The van der Waals surface area contributed by atoms with Crippen LogP contribution < -0.4 is 5.32 Å². The van der Waals surface area contributed by atoms with Gasteiger partial charge >= 0.3 is 6.18 Å². The highest BCUT2D eigenvalue weighted by atomic mass is 19.4. The number of ether oxygens (including phenoxy) is 1. The van der Waals surface area contributed by atoms with Gasteiger partial charge in [-0.25, -0.2) is 0 Å². The summed E-state index contributed by atoms with van der Waals surface area (Å²) in [7, 11) is 0. The predicted octanol–water partition coefficient (Wildman–Crippen LogP) is 2.72. The van der Waals surface area contributed by atoms with Gasteiger partial charge in [-0.15, -0.1) is 0 Å². The summed E-state index contributed by atoms with van der Waals surface area (Å²) < 4.78 is 39.9. The van der Waals surface area contributed by atoms with Crippen molar-refractivity contribution in [3.63, 3.8) is 0 Å². The summed E-state index contributed by atoms with van der Waals surface area (Å²) in [6.45, 7) is -2.16. The Kier molecular flexibility index (Phi) is 4.62. The molecule has 1 aliphatic carbocycles. The van der Waals surface area contributed by atoms with Crippen LogP contribution in [0.5, 0.6) is 0 Å². The Morgan fingerprint density at radius 2 is 2.05 bits per heavy atom. The molecule has 7 heteroatoms. The molecule has 2 rings (SSSR count). The number of Topliss-reactive ketones (excluding diaryl/α,β-unsaturated/α-hetero) is 1. The number of alkyl halides is 3. The maximum atomic E-state index is 11.9. The highest BCUT2D eigenvalue weighted by molar-refractivity contribution is 6.00. The number of ketones is 1. The Morgan fingerprint density at radius 3 is 2.76 bits per heavy atom. The molecule has 0 atom stereocenters. The lowest BCUT2D eigenvalue weighted by atomic mass is 9.90. The van der Waals surface area contributed by atoms with Crippen LogP contribution in [0.15, 0.2) is 18.2 Å². The lowest BCUT2D eigenvalue weighted by molar-refractivity contribution is -0.174. The number of nitrogens with one attached hydrogen (secondary N) is 1. The number of benzene rings is 1. The quantitative estimate of drug-likeness (QED) is 0.930. The number of aryl methyl sites for hydroxylation is 1. The molecule has 1 aliphatic rings. The summed E-state index contributed by atoms with van der Waals surface area (Å²) in [5, 5.41) is 2.42. The van der Waals surface area contributed by atoms with E-state index >= 15 is 0 Å². The zero-order chi connectivity index (χ0) is 15.5. The molecule has 0 unspecified atom stereocenters. The van der Waals surface area contributed by atoms with Crippen LogP contribution in [0.4, 0.5) is 18.9 Å². The first-order valence-corrected chi connectivity index (χ1v) is 6.45. The third kappa shape index (κ3) is 4.56. The summed E-state index contributed by atoms with van der Waals surface area (Å²) in [5.41, 5.74) is 1.87. The molecule has 0 aliphatic heterocycles. The second-order valence-corrected chi connectivity index (χ2v) is 4.80. The van der Waals surface area contributed by atoms with E-state index < -0.39 is 25.3 Å². The number of hydrogen-bond donors (Lipinski definition) is 1. The van der Waals surface area contributed by atoms with Crippen LogP contribution in [0, 0.1) is 0 Å². The first-order valence-electron chi connectivity index (χ1n) is 6.45. The SMILES string of the molecule is O=C(COCC(F)(F)F)Nc1ccc2c(c1)C(=O)CCC2. The third-order valence-electron chi connectivity index (χ3n) is 3.04. The Hall–Kier alpha value is -1.89. The number of halogens is 3. The molecule has 0 heterocycles. The standard InChI is InChI=1S/C14H14F3NO3/c15-14(16,17)8-21-7-13(20)18-10-5-4-9-2-1-3-12(19)11(9)6-10/h4-6H,1-3,7-8H2,(H,18,20). The van der Waals surface area contributed by atoms with E-state index in [0.29, 0.717) is 17.7 Å². The minimum atomic E-state index is -4.46. The maximum Gasteiger partial charge on any atom is 0.411 e. The van der Waals surface area contributed by atoms with Crippen LogP contribution in [0.2, 0.25) is 0 Å². The molecular weight excluding hydrogens is 287 g/mol. The van der Waals surface area contributed by atoms with Crippen molar-refractivity contribution in [1.82, 2.24) is 0 Å². The molecule has 1 N–H and O–H groups in total. The van der Waals surface area contributed by atoms with E-state index in [2.05, 4.69) is 10.1 Å². The molecule has 0 saturated heterocycles. The highest BCUT2D eigenvalue weighted by Crippen LogP contribution is 2.24. The number of carbonyl (C=O) groups is 2. The Bertz CT molecular complexity index is 555. The van der Waals surface area contributed by atoms with Gasteiger partial charge in [0.05, 0.1) is 0 Å². The van der Waals surface area contributed by atoms with Crippen molar-refractivity contribution in [2.24, 2.45) is 0 Å². The smallest absolute Gasteiger partial charge is 0.362 e. The summed E-state index contributed by atoms with van der Waals surface area (Å²) in [4.78, 5) is 23.2. The molecule has 1 aromatic carbocycles. The van der Waals surface area contributed by atoms with Gasteiger partial charge in [-0.05, 0) is 30.5 Å². The summed E-state index contributed by atoms with van der Waals surface area (Å²) in [6.07, 6.45) is -2.37. The Labute approximate surface area is 119 Å². The molecule has 1 amide bonds. The second kappa shape index (κ2) is 6.26. The van der Waals surface area contributed by atoms with Gasteiger partial charge in [-0.2, -0.15) is 13.2 Å². The molecule has 0 aromatic heterocycles. The van der Waals surface area contributed by atoms with E-state index in [1.807, 2.05) is 0 Å². The first-order chi connectivity index (χ1) is 9.85. The van der Waals surface area contributed by atoms with Crippen molar-refractivity contribution in [1.29, 1.82) is 0 Å². The fourth-order valence-corrected chi connectivity index (χ4v) is 2.16. The molecule has 4 nitrogen and oxygen atoms in total. The van der Waals surface area contributed by atoms with Gasteiger partial charge in [0.25, 0.3) is 0 Å². The average Bonchev–Trinajstić information content (AvgIpc) is 2.38. The largest absolute Gasteiger partial charge is 0.411 e. The van der Waals surface area contributed by atoms with Crippen LogP contribution in [-0.2, 0) is 16.0 Å². The number of fused-ring (bicyclic) bond motifs is 1. The average molecular weight is 301 g/mol.